The second-order valence-corrected chi connectivity index (χ2v) is 22.0. The summed E-state index contributed by atoms with van der Waals surface area (Å²) in [6.07, 6.45) is 16.8. The fourth-order valence-electron chi connectivity index (χ4n) is 12.5. The van der Waals surface area contributed by atoms with E-state index in [4.69, 9.17) is 0 Å². The average molecular weight is 1080 g/mol. The first-order valence-electron chi connectivity index (χ1n) is 29.5. The number of hydrogen-bond donors (Lipinski definition) is 0. The van der Waals surface area contributed by atoms with Gasteiger partial charge in [-0.3, -0.25) is 0 Å². The summed E-state index contributed by atoms with van der Waals surface area (Å²) in [6, 6.07) is 100. The quantitative estimate of drug-likeness (QED) is 0.101. The minimum atomic E-state index is 0.358. The predicted molar refractivity (Wildman–Crippen MR) is 358 cm³/mol. The minimum Gasteiger partial charge on any atom is -0.310 e. The van der Waals surface area contributed by atoms with Gasteiger partial charge < -0.3 is 19.6 Å². The summed E-state index contributed by atoms with van der Waals surface area (Å²) in [4.78, 5) is 9.62. The number of rotatable bonds is 15. The van der Waals surface area contributed by atoms with Crippen molar-refractivity contribution in [2.45, 2.75) is 33.1 Å². The van der Waals surface area contributed by atoms with Gasteiger partial charge in [-0.2, -0.15) is 0 Å². The van der Waals surface area contributed by atoms with Gasteiger partial charge in [-0.15, -0.1) is 0 Å². The predicted octanol–water partition coefficient (Wildman–Crippen LogP) is 22.6. The number of hydrogen-bond acceptors (Lipinski definition) is 4. The summed E-state index contributed by atoms with van der Waals surface area (Å²) in [5.41, 5.74) is 19.6. The van der Waals surface area contributed by atoms with E-state index in [1.807, 2.05) is 0 Å². The van der Waals surface area contributed by atoms with Gasteiger partial charge in [0.25, 0.3) is 0 Å². The maximum Gasteiger partial charge on any atom is 0.0540 e. The maximum atomic E-state index is 2.44. The fourth-order valence-corrected chi connectivity index (χ4v) is 12.5. The van der Waals surface area contributed by atoms with Crippen LogP contribution in [0.5, 0.6) is 0 Å². The Labute approximate surface area is 493 Å². The van der Waals surface area contributed by atoms with E-state index in [2.05, 4.69) is 343 Å². The third-order valence-corrected chi connectivity index (χ3v) is 16.7. The van der Waals surface area contributed by atoms with Crippen LogP contribution in [0.25, 0.3) is 43.4 Å². The Bertz CT molecular complexity index is 4440. The lowest BCUT2D eigenvalue weighted by molar-refractivity contribution is 0.763. The molecule has 1 atom stereocenters. The monoisotopic (exact) mass is 1080 g/mol. The normalized spacial score (nSPS) is 13.6. The Hall–Kier alpha value is -10.4. The topological polar surface area (TPSA) is 13.0 Å². The van der Waals surface area contributed by atoms with Gasteiger partial charge in [-0.05, 0) is 180 Å². The second kappa shape index (κ2) is 22.8. The van der Waals surface area contributed by atoms with Crippen LogP contribution >= 0.6 is 0 Å². The van der Waals surface area contributed by atoms with E-state index in [9.17, 15) is 0 Å². The minimum absolute atomic E-state index is 0.358. The molecule has 1 unspecified atom stereocenters. The maximum absolute atomic E-state index is 2.44. The van der Waals surface area contributed by atoms with Gasteiger partial charge in [0.05, 0.1) is 17.1 Å². The summed E-state index contributed by atoms with van der Waals surface area (Å²) in [7, 11) is 0. The number of benzene rings is 12. The molecule has 2 aliphatic carbocycles. The molecule has 0 aromatic heterocycles. The zero-order valence-corrected chi connectivity index (χ0v) is 47.4. The molecule has 0 fully saturated rings. The van der Waals surface area contributed by atoms with Crippen molar-refractivity contribution in [2.24, 2.45) is 5.92 Å². The van der Waals surface area contributed by atoms with Crippen LogP contribution in [0.1, 0.15) is 30.9 Å². The SMILES string of the molecule is CCCc1ccc(N(C2=C3C=CC=CC3CC=C2)c2ccc(N(c3ccc(-c4ccc(N(c5ccc(N(c6ccc(C)cc6)c6cccc7ccccc67)cc5)c5cccc6ccccc56)cc4)cc3)c3cccc4ccccc34)cc2)cc1. The van der Waals surface area contributed by atoms with Crippen molar-refractivity contribution in [3.8, 4) is 11.1 Å². The van der Waals surface area contributed by atoms with E-state index in [1.165, 1.54) is 54.7 Å². The first kappa shape index (κ1) is 51.7. The smallest absolute Gasteiger partial charge is 0.0540 e. The molecule has 0 N–H and O–H groups in total. The summed E-state index contributed by atoms with van der Waals surface area (Å²) in [6.45, 7) is 4.39. The molecular weight excluding hydrogens is 1020 g/mol. The van der Waals surface area contributed by atoms with Crippen molar-refractivity contribution in [1.82, 2.24) is 0 Å². The van der Waals surface area contributed by atoms with E-state index in [1.54, 1.807) is 0 Å². The number of nitrogens with zero attached hydrogens (tertiary/aromatic N) is 4. The molecular formula is C80H64N4. The molecule has 12 aromatic rings. The molecule has 0 amide bonds. The van der Waals surface area contributed by atoms with Crippen LogP contribution in [0.3, 0.4) is 0 Å². The summed E-state index contributed by atoms with van der Waals surface area (Å²) in [5, 5.41) is 7.19. The Kier molecular flexibility index (Phi) is 14.1. The molecule has 0 heterocycles. The van der Waals surface area contributed by atoms with Crippen LogP contribution in [-0.4, -0.2) is 0 Å². The van der Waals surface area contributed by atoms with E-state index in [-0.39, 0.29) is 0 Å². The van der Waals surface area contributed by atoms with E-state index >= 15 is 0 Å². The lowest BCUT2D eigenvalue weighted by Crippen LogP contribution is -2.21. The first-order chi connectivity index (χ1) is 41.5. The average Bonchev–Trinajstić information content (AvgIpc) is 3.60. The van der Waals surface area contributed by atoms with Crippen LogP contribution in [0.2, 0.25) is 0 Å². The van der Waals surface area contributed by atoms with Crippen molar-refractivity contribution >= 4 is 94.9 Å². The van der Waals surface area contributed by atoms with Gasteiger partial charge in [0.15, 0.2) is 0 Å². The number of allylic oxidation sites excluding steroid dienone is 7. The molecule has 404 valence electrons. The lowest BCUT2D eigenvalue weighted by atomic mass is 9.86. The highest BCUT2D eigenvalue weighted by atomic mass is 15.2. The third kappa shape index (κ3) is 10.0. The molecule has 2 aliphatic rings. The molecule has 84 heavy (non-hydrogen) atoms. The Morgan fingerprint density at radius 1 is 0.345 bits per heavy atom. The standard InChI is InChI=1S/C80H64N4/c1-3-16-58-35-43-66(44-36-58)82(78-30-13-22-62-18-5-9-26-74(62)78)70-51-55-72(56-52-70)84(80-32-15-24-64-20-7-11-28-76(64)80)68-47-39-60(40-48-68)59-37-45-67(46-38-59)83(79-31-14-23-63-19-6-10-27-75(63)79)71-53-49-69(50-54-71)81(65-41-33-57(2)34-42-65)77-29-12-21-61-17-4-8-25-73(61)77/h4-15,17-21,23-56,62H,3,16,22H2,1-2H3. The van der Waals surface area contributed by atoms with E-state index in [0.717, 1.165) is 93.0 Å². The van der Waals surface area contributed by atoms with E-state index in [0.29, 0.717) is 5.92 Å². The van der Waals surface area contributed by atoms with Crippen molar-refractivity contribution in [3.05, 3.63) is 332 Å². The van der Waals surface area contributed by atoms with Gasteiger partial charge in [-0.1, -0.05) is 207 Å². The highest BCUT2D eigenvalue weighted by molar-refractivity contribution is 6.02. The number of anilines is 11. The van der Waals surface area contributed by atoms with Crippen LogP contribution < -0.4 is 19.6 Å². The Morgan fingerprint density at radius 3 is 1.12 bits per heavy atom. The zero-order chi connectivity index (χ0) is 56.3. The molecule has 0 radical (unpaired) electrons. The molecule has 0 saturated carbocycles. The van der Waals surface area contributed by atoms with Gasteiger partial charge in [0.1, 0.15) is 0 Å². The highest BCUT2D eigenvalue weighted by Crippen LogP contribution is 2.46. The van der Waals surface area contributed by atoms with Crippen LogP contribution in [0.15, 0.2) is 321 Å². The molecule has 0 spiro atoms. The van der Waals surface area contributed by atoms with Crippen LogP contribution in [-0.2, 0) is 6.42 Å². The lowest BCUT2D eigenvalue weighted by Gasteiger charge is -2.33. The second-order valence-electron chi connectivity index (χ2n) is 22.0. The third-order valence-electron chi connectivity index (χ3n) is 16.7. The molecule has 0 bridgehead atoms. The van der Waals surface area contributed by atoms with E-state index < -0.39 is 0 Å². The van der Waals surface area contributed by atoms with Gasteiger partial charge in [-0.25, -0.2) is 0 Å². The zero-order valence-electron chi connectivity index (χ0n) is 47.4. The van der Waals surface area contributed by atoms with Gasteiger partial charge in [0, 0.05) is 73.3 Å². The fraction of sp³-hybridized carbons (Fsp3) is 0.0750. The summed E-state index contributed by atoms with van der Waals surface area (Å²) >= 11 is 0. The molecule has 0 saturated heterocycles. The molecule has 4 nitrogen and oxygen atoms in total. The first-order valence-corrected chi connectivity index (χ1v) is 29.5. The van der Waals surface area contributed by atoms with Gasteiger partial charge in [0.2, 0.25) is 0 Å². The van der Waals surface area contributed by atoms with Crippen molar-refractivity contribution in [3.63, 3.8) is 0 Å². The number of fused-ring (bicyclic) bond motifs is 4. The number of aryl methyl sites for hydroxylation is 2. The Morgan fingerprint density at radius 2 is 0.702 bits per heavy atom. The van der Waals surface area contributed by atoms with Crippen LogP contribution in [0.4, 0.5) is 62.6 Å². The molecule has 14 rings (SSSR count). The van der Waals surface area contributed by atoms with Crippen molar-refractivity contribution in [1.29, 1.82) is 0 Å². The molecule has 0 aliphatic heterocycles. The largest absolute Gasteiger partial charge is 0.310 e. The van der Waals surface area contributed by atoms with Gasteiger partial charge >= 0.3 is 0 Å². The molecule has 12 aromatic carbocycles. The summed E-state index contributed by atoms with van der Waals surface area (Å²) in [5.74, 6) is 0.358. The molecule has 4 heteroatoms. The van der Waals surface area contributed by atoms with Crippen molar-refractivity contribution in [2.75, 3.05) is 19.6 Å². The van der Waals surface area contributed by atoms with Crippen molar-refractivity contribution < 1.29 is 0 Å². The summed E-state index contributed by atoms with van der Waals surface area (Å²) < 4.78 is 0. The Balaban J connectivity index is 0.812. The highest BCUT2D eigenvalue weighted by Gasteiger charge is 2.25. The van der Waals surface area contributed by atoms with Crippen LogP contribution in [0, 0.1) is 12.8 Å².